The highest BCUT2D eigenvalue weighted by Crippen LogP contribution is 2.23. The van der Waals surface area contributed by atoms with Crippen molar-refractivity contribution in [2.75, 3.05) is 23.9 Å². The van der Waals surface area contributed by atoms with Crippen molar-refractivity contribution >= 4 is 21.5 Å². The Kier molecular flexibility index (Phi) is 4.94. The summed E-state index contributed by atoms with van der Waals surface area (Å²) in [6.07, 6.45) is -0.736. The van der Waals surface area contributed by atoms with Gasteiger partial charge in [-0.2, -0.15) is 0 Å². The van der Waals surface area contributed by atoms with Crippen LogP contribution in [0.5, 0.6) is 5.75 Å². The van der Waals surface area contributed by atoms with E-state index < -0.39 is 28.0 Å². The third-order valence-corrected chi connectivity index (χ3v) is 5.71. The largest absolute Gasteiger partial charge is 0.497 e. The molecule has 0 aromatic heterocycles. The monoisotopic (exact) mass is 361 g/mol. The first-order valence-corrected chi connectivity index (χ1v) is 9.66. The molecule has 0 spiro atoms. The first kappa shape index (κ1) is 17.3. The number of methoxy groups -OCH3 is 1. The molecule has 132 valence electrons. The lowest BCUT2D eigenvalue weighted by Gasteiger charge is -2.21. The van der Waals surface area contributed by atoms with E-state index >= 15 is 0 Å². The van der Waals surface area contributed by atoms with E-state index in [1.165, 1.54) is 0 Å². The zero-order valence-electron chi connectivity index (χ0n) is 13.7. The van der Waals surface area contributed by atoms with E-state index in [0.717, 1.165) is 5.69 Å². The molecule has 1 heterocycles. The lowest BCUT2D eigenvalue weighted by molar-refractivity contribution is 0.0336. The number of esters is 1. The first-order chi connectivity index (χ1) is 12.0. The predicted molar refractivity (Wildman–Crippen MR) is 94.7 cm³/mol. The van der Waals surface area contributed by atoms with Gasteiger partial charge in [-0.05, 0) is 36.4 Å². The van der Waals surface area contributed by atoms with Crippen molar-refractivity contribution in [3.63, 3.8) is 0 Å². The maximum Gasteiger partial charge on any atom is 0.338 e. The van der Waals surface area contributed by atoms with E-state index in [1.807, 2.05) is 0 Å². The van der Waals surface area contributed by atoms with Crippen LogP contribution in [0.4, 0.5) is 5.69 Å². The quantitative estimate of drug-likeness (QED) is 0.822. The van der Waals surface area contributed by atoms with Crippen LogP contribution >= 0.6 is 0 Å². The third kappa shape index (κ3) is 4.30. The van der Waals surface area contributed by atoms with E-state index in [4.69, 9.17) is 9.47 Å². The molecule has 1 aliphatic rings. The maximum absolute atomic E-state index is 12.2. The third-order valence-electron chi connectivity index (χ3n) is 4.01. The smallest absolute Gasteiger partial charge is 0.338 e. The number of nitrogens with one attached hydrogen (secondary N) is 1. The predicted octanol–water partition coefficient (Wildman–Crippen LogP) is 2.13. The second-order valence-corrected chi connectivity index (χ2v) is 8.02. The minimum Gasteiger partial charge on any atom is -0.497 e. The molecule has 0 aliphatic carbocycles. The lowest BCUT2D eigenvalue weighted by atomic mass is 10.2. The Balaban J connectivity index is 1.73. The number of carbonyl (C=O) groups excluding carboxylic acids is 1. The van der Waals surface area contributed by atoms with Crippen LogP contribution in [0.25, 0.3) is 0 Å². The Morgan fingerprint density at radius 3 is 2.36 bits per heavy atom. The molecule has 1 saturated heterocycles. The van der Waals surface area contributed by atoms with Crippen LogP contribution < -0.4 is 10.1 Å². The van der Waals surface area contributed by atoms with Gasteiger partial charge in [-0.15, -0.1) is 0 Å². The van der Waals surface area contributed by atoms with Gasteiger partial charge in [0.25, 0.3) is 0 Å². The Labute approximate surface area is 146 Å². The Morgan fingerprint density at radius 1 is 1.04 bits per heavy atom. The molecule has 0 bridgehead atoms. The SMILES string of the molecule is COc1ccc(N[C@H]2CS(=O)(=O)C[C@H]2OC(=O)c2ccccc2)cc1. The first-order valence-electron chi connectivity index (χ1n) is 7.84. The molecule has 1 fully saturated rings. The topological polar surface area (TPSA) is 81.7 Å². The summed E-state index contributed by atoms with van der Waals surface area (Å²) in [5.41, 5.74) is 1.14. The second-order valence-electron chi connectivity index (χ2n) is 5.87. The van der Waals surface area contributed by atoms with Gasteiger partial charge < -0.3 is 14.8 Å². The number of anilines is 1. The highest BCUT2D eigenvalue weighted by atomic mass is 32.2. The molecule has 2 aromatic carbocycles. The number of sulfone groups is 1. The van der Waals surface area contributed by atoms with E-state index in [0.29, 0.717) is 11.3 Å². The van der Waals surface area contributed by atoms with Crippen molar-refractivity contribution in [1.29, 1.82) is 0 Å². The molecule has 0 amide bonds. The fourth-order valence-electron chi connectivity index (χ4n) is 2.75. The Bertz CT molecular complexity index is 834. The van der Waals surface area contributed by atoms with Crippen molar-refractivity contribution in [2.45, 2.75) is 12.1 Å². The van der Waals surface area contributed by atoms with Gasteiger partial charge >= 0.3 is 5.97 Å². The Hall–Kier alpha value is -2.54. The molecule has 1 aliphatic heterocycles. The standard InChI is InChI=1S/C18H19NO5S/c1-23-15-9-7-14(8-10-15)19-16-11-25(21,22)12-17(16)24-18(20)13-5-3-2-4-6-13/h2-10,16-17,19H,11-12H2,1H3/t16-,17+/m0/s1. The highest BCUT2D eigenvalue weighted by molar-refractivity contribution is 7.91. The fourth-order valence-corrected chi connectivity index (χ4v) is 4.53. The summed E-state index contributed by atoms with van der Waals surface area (Å²) in [5, 5.41) is 3.14. The molecule has 0 unspecified atom stereocenters. The minimum atomic E-state index is -3.27. The lowest BCUT2D eigenvalue weighted by Crippen LogP contribution is -2.35. The van der Waals surface area contributed by atoms with Gasteiger partial charge in [-0.1, -0.05) is 18.2 Å². The molecule has 25 heavy (non-hydrogen) atoms. The zero-order valence-corrected chi connectivity index (χ0v) is 14.5. The molecule has 7 heteroatoms. The van der Waals surface area contributed by atoms with Gasteiger partial charge in [-0.25, -0.2) is 13.2 Å². The van der Waals surface area contributed by atoms with Crippen LogP contribution in [0.3, 0.4) is 0 Å². The van der Waals surface area contributed by atoms with Crippen LogP contribution in [-0.4, -0.2) is 45.1 Å². The van der Waals surface area contributed by atoms with Gasteiger partial charge in [0, 0.05) is 5.69 Å². The van der Waals surface area contributed by atoms with Crippen LogP contribution in [0.1, 0.15) is 10.4 Å². The van der Waals surface area contributed by atoms with Crippen molar-refractivity contribution in [3.05, 3.63) is 60.2 Å². The number of rotatable bonds is 5. The molecule has 0 radical (unpaired) electrons. The summed E-state index contributed by atoms with van der Waals surface area (Å²) in [5.74, 6) is -0.0774. The van der Waals surface area contributed by atoms with Gasteiger partial charge in [0.05, 0.1) is 30.2 Å². The number of carbonyl (C=O) groups is 1. The van der Waals surface area contributed by atoms with E-state index in [2.05, 4.69) is 5.32 Å². The molecule has 3 rings (SSSR count). The van der Waals surface area contributed by atoms with E-state index in [1.54, 1.807) is 61.7 Å². The van der Waals surface area contributed by atoms with Gasteiger partial charge in [0.2, 0.25) is 0 Å². The molecule has 2 atom stereocenters. The summed E-state index contributed by atoms with van der Waals surface area (Å²) in [6.45, 7) is 0. The van der Waals surface area contributed by atoms with E-state index in [-0.39, 0.29) is 11.5 Å². The average Bonchev–Trinajstić information content (AvgIpc) is 2.89. The van der Waals surface area contributed by atoms with Gasteiger partial charge in [0.15, 0.2) is 9.84 Å². The number of hydrogen-bond acceptors (Lipinski definition) is 6. The van der Waals surface area contributed by atoms with Crippen LogP contribution in [0.15, 0.2) is 54.6 Å². The fraction of sp³-hybridized carbons (Fsp3) is 0.278. The molecular weight excluding hydrogens is 342 g/mol. The number of benzene rings is 2. The maximum atomic E-state index is 12.2. The summed E-state index contributed by atoms with van der Waals surface area (Å²) in [6, 6.07) is 15.2. The summed E-state index contributed by atoms with van der Waals surface area (Å²) in [7, 11) is -1.70. The normalized spacial score (nSPS) is 21.5. The minimum absolute atomic E-state index is 0.0776. The molecule has 2 aromatic rings. The van der Waals surface area contributed by atoms with Crippen molar-refractivity contribution < 1.29 is 22.7 Å². The van der Waals surface area contributed by atoms with Crippen molar-refractivity contribution in [2.24, 2.45) is 0 Å². The van der Waals surface area contributed by atoms with Crippen LogP contribution in [0.2, 0.25) is 0 Å². The van der Waals surface area contributed by atoms with Gasteiger partial charge in [0.1, 0.15) is 11.9 Å². The summed E-state index contributed by atoms with van der Waals surface area (Å²) in [4.78, 5) is 12.2. The van der Waals surface area contributed by atoms with Crippen LogP contribution in [0, 0.1) is 0 Å². The highest BCUT2D eigenvalue weighted by Gasteiger charge is 2.40. The molecular formula is C18H19NO5S. The van der Waals surface area contributed by atoms with Gasteiger partial charge in [-0.3, -0.25) is 0 Å². The number of hydrogen-bond donors (Lipinski definition) is 1. The van der Waals surface area contributed by atoms with E-state index in [9.17, 15) is 13.2 Å². The van der Waals surface area contributed by atoms with Crippen LogP contribution in [-0.2, 0) is 14.6 Å². The number of ether oxygens (including phenoxy) is 2. The van der Waals surface area contributed by atoms with Crippen molar-refractivity contribution in [3.8, 4) is 5.75 Å². The van der Waals surface area contributed by atoms with Crippen molar-refractivity contribution in [1.82, 2.24) is 0 Å². The summed E-state index contributed by atoms with van der Waals surface area (Å²) < 4.78 is 34.6. The molecule has 0 saturated carbocycles. The zero-order chi connectivity index (χ0) is 17.9. The molecule has 6 nitrogen and oxygen atoms in total. The average molecular weight is 361 g/mol. The molecule has 1 N–H and O–H groups in total. The summed E-state index contributed by atoms with van der Waals surface area (Å²) >= 11 is 0. The Morgan fingerprint density at radius 2 is 1.72 bits per heavy atom. The second kappa shape index (κ2) is 7.14.